The van der Waals surface area contributed by atoms with E-state index < -0.39 is 0 Å². The second-order valence-electron chi connectivity index (χ2n) is 8.17. The minimum absolute atomic E-state index is 0. The van der Waals surface area contributed by atoms with E-state index in [4.69, 9.17) is 0 Å². The average Bonchev–Trinajstić information content (AvgIpc) is 3.56. The summed E-state index contributed by atoms with van der Waals surface area (Å²) in [7, 11) is 0. The van der Waals surface area contributed by atoms with Gasteiger partial charge in [0.15, 0.2) is 0 Å². The Morgan fingerprint density at radius 3 is 0.688 bits per heavy atom. The van der Waals surface area contributed by atoms with Crippen LogP contribution in [0.15, 0.2) is 60.7 Å². The Labute approximate surface area is 223 Å². The van der Waals surface area contributed by atoms with E-state index in [1.807, 2.05) is 60.7 Å². The first-order valence-electron chi connectivity index (χ1n) is 10.8. The molecule has 0 atom stereocenters. The minimum Gasteiger partial charge on any atom is -0.214 e. The zero-order valence-electron chi connectivity index (χ0n) is 21.5. The van der Waals surface area contributed by atoms with Crippen molar-refractivity contribution in [3.63, 3.8) is 0 Å². The normalized spacial score (nSPS) is 9.06. The van der Waals surface area contributed by atoms with E-state index in [1.165, 1.54) is 55.6 Å². The molecule has 0 aliphatic rings. The SMILES string of the molecule is Cc1c(C)c(C)[c-](C)c1C.Cc1c(C)c(C)[c-](C)c1C.[Ru+2].[Ru+2].c1cc[cH-]c1.c1cc[cH-]c1. The molecule has 32 heavy (non-hydrogen) atoms. The predicted molar refractivity (Wildman–Crippen MR) is 136 cm³/mol. The fraction of sp³-hybridized carbons (Fsp3) is 0.333. The van der Waals surface area contributed by atoms with Crippen LogP contribution in [0.25, 0.3) is 0 Å². The third-order valence-corrected chi connectivity index (χ3v) is 6.74. The van der Waals surface area contributed by atoms with E-state index in [0.29, 0.717) is 0 Å². The van der Waals surface area contributed by atoms with Crippen LogP contribution in [0.5, 0.6) is 0 Å². The first-order chi connectivity index (χ1) is 14.1. The average molecular weight is 603 g/mol. The Bertz CT molecular complexity index is 698. The van der Waals surface area contributed by atoms with E-state index in [0.717, 1.165) is 0 Å². The molecule has 4 rings (SSSR count). The van der Waals surface area contributed by atoms with E-state index in [1.54, 1.807) is 0 Å². The molecule has 0 saturated heterocycles. The monoisotopic (exact) mass is 604 g/mol. The van der Waals surface area contributed by atoms with Gasteiger partial charge in [0, 0.05) is 0 Å². The van der Waals surface area contributed by atoms with Crippen molar-refractivity contribution in [1.82, 2.24) is 0 Å². The van der Waals surface area contributed by atoms with Gasteiger partial charge in [-0.05, 0) is 0 Å². The summed E-state index contributed by atoms with van der Waals surface area (Å²) in [5, 5.41) is 0. The molecule has 0 bridgehead atoms. The van der Waals surface area contributed by atoms with Gasteiger partial charge in [-0.3, -0.25) is 0 Å². The first kappa shape index (κ1) is 32.8. The summed E-state index contributed by atoms with van der Waals surface area (Å²) in [6.07, 6.45) is 0. The number of rotatable bonds is 0. The largest absolute Gasteiger partial charge is 2.00 e. The molecule has 2 heteroatoms. The van der Waals surface area contributed by atoms with Crippen molar-refractivity contribution in [3.8, 4) is 0 Å². The topological polar surface area (TPSA) is 0 Å². The van der Waals surface area contributed by atoms with Crippen molar-refractivity contribution >= 4 is 0 Å². The van der Waals surface area contributed by atoms with Crippen LogP contribution in [0.2, 0.25) is 0 Å². The summed E-state index contributed by atoms with van der Waals surface area (Å²) in [6.45, 7) is 22.0. The first-order valence-corrected chi connectivity index (χ1v) is 10.8. The van der Waals surface area contributed by atoms with Gasteiger partial charge >= 0.3 is 39.0 Å². The zero-order valence-corrected chi connectivity index (χ0v) is 25.0. The molecule has 0 spiro atoms. The van der Waals surface area contributed by atoms with E-state index in [9.17, 15) is 0 Å². The summed E-state index contributed by atoms with van der Waals surface area (Å²) in [4.78, 5) is 0. The quantitative estimate of drug-likeness (QED) is 0.140. The number of hydrogen-bond acceptors (Lipinski definition) is 0. The van der Waals surface area contributed by atoms with Gasteiger partial charge in [-0.25, -0.2) is 24.3 Å². The maximum absolute atomic E-state index is 2.20. The maximum atomic E-state index is 2.20. The van der Waals surface area contributed by atoms with Crippen LogP contribution in [0.1, 0.15) is 55.6 Å². The molecule has 0 saturated carbocycles. The van der Waals surface area contributed by atoms with Crippen LogP contribution in [-0.2, 0) is 39.0 Å². The molecule has 0 radical (unpaired) electrons. The van der Waals surface area contributed by atoms with Gasteiger partial charge in [0.2, 0.25) is 0 Å². The van der Waals surface area contributed by atoms with Gasteiger partial charge in [-0.15, -0.1) is 0 Å². The molecule has 0 aliphatic heterocycles. The van der Waals surface area contributed by atoms with Gasteiger partial charge in [0.05, 0.1) is 0 Å². The molecule has 0 aromatic heterocycles. The van der Waals surface area contributed by atoms with Gasteiger partial charge in [-0.2, -0.15) is 92.0 Å². The molecule has 0 N–H and O–H groups in total. The second kappa shape index (κ2) is 16.3. The molecule has 0 unspecified atom stereocenters. The van der Waals surface area contributed by atoms with Crippen molar-refractivity contribution in [2.45, 2.75) is 69.2 Å². The fourth-order valence-electron chi connectivity index (χ4n) is 3.45. The molecule has 0 nitrogen and oxygen atoms in total. The molecule has 0 heterocycles. The van der Waals surface area contributed by atoms with E-state index in [2.05, 4.69) is 69.2 Å². The van der Waals surface area contributed by atoms with Crippen LogP contribution < -0.4 is 0 Å². The Balaban J connectivity index is 0. The van der Waals surface area contributed by atoms with Crippen molar-refractivity contribution in [3.05, 3.63) is 116 Å². The number of hydrogen-bond donors (Lipinski definition) is 0. The van der Waals surface area contributed by atoms with Crippen LogP contribution in [0.4, 0.5) is 0 Å². The van der Waals surface area contributed by atoms with E-state index in [-0.39, 0.29) is 39.0 Å². The summed E-state index contributed by atoms with van der Waals surface area (Å²) in [5.74, 6) is 0. The Morgan fingerprint density at radius 1 is 0.438 bits per heavy atom. The molecule has 176 valence electrons. The predicted octanol–water partition coefficient (Wildman–Crippen LogP) is 8.70. The van der Waals surface area contributed by atoms with Gasteiger partial charge < -0.3 is 0 Å². The van der Waals surface area contributed by atoms with Crippen LogP contribution in [0.3, 0.4) is 0 Å². The summed E-state index contributed by atoms with van der Waals surface area (Å²) < 4.78 is 0. The zero-order chi connectivity index (χ0) is 22.8. The summed E-state index contributed by atoms with van der Waals surface area (Å²) in [6, 6.07) is 20.0. The molecular weight excluding hydrogens is 562 g/mol. The van der Waals surface area contributed by atoms with Crippen molar-refractivity contribution in [2.24, 2.45) is 0 Å². The molecule has 0 aliphatic carbocycles. The van der Waals surface area contributed by atoms with Crippen LogP contribution >= 0.6 is 0 Å². The van der Waals surface area contributed by atoms with Crippen LogP contribution in [-0.4, -0.2) is 0 Å². The Hall–Kier alpha value is -1.35. The fourth-order valence-corrected chi connectivity index (χ4v) is 3.45. The Kier molecular flexibility index (Phi) is 16.7. The molecule has 0 amide bonds. The van der Waals surface area contributed by atoms with Crippen molar-refractivity contribution < 1.29 is 39.0 Å². The molecule has 4 aromatic carbocycles. The third-order valence-electron chi connectivity index (χ3n) is 6.74. The third kappa shape index (κ3) is 9.25. The van der Waals surface area contributed by atoms with Crippen molar-refractivity contribution in [1.29, 1.82) is 0 Å². The minimum atomic E-state index is 0. The van der Waals surface area contributed by atoms with E-state index >= 15 is 0 Å². The van der Waals surface area contributed by atoms with Gasteiger partial charge in [0.1, 0.15) is 0 Å². The van der Waals surface area contributed by atoms with Gasteiger partial charge in [-0.1, -0.05) is 69.2 Å². The maximum Gasteiger partial charge on any atom is 2.00 e. The Morgan fingerprint density at radius 2 is 0.625 bits per heavy atom. The van der Waals surface area contributed by atoms with Crippen LogP contribution in [0, 0.1) is 69.2 Å². The molecular formula is C30H40Ru2. The standard InChI is InChI=1S/2C10H15.2C5H5.2Ru/c2*1-6-7(2)9(4)10(5)8(6)3;2*1-2-4-5-3-1;;/h2*1-5H3;2*1-5H;;/q4*-1;2*+2. The summed E-state index contributed by atoms with van der Waals surface area (Å²) >= 11 is 0. The molecule has 0 fully saturated rings. The second-order valence-corrected chi connectivity index (χ2v) is 8.17. The summed E-state index contributed by atoms with van der Waals surface area (Å²) in [5.41, 5.74) is 14.7. The molecule has 4 aromatic rings. The smallest absolute Gasteiger partial charge is 0.214 e. The van der Waals surface area contributed by atoms with Crippen molar-refractivity contribution in [2.75, 3.05) is 0 Å². The van der Waals surface area contributed by atoms with Gasteiger partial charge in [0.25, 0.3) is 0 Å².